The van der Waals surface area contributed by atoms with Crippen molar-refractivity contribution in [3.05, 3.63) is 12.2 Å². The lowest BCUT2D eigenvalue weighted by Crippen LogP contribution is -2.41. The number of hydrogen-bond donors (Lipinski definition) is 2. The van der Waals surface area contributed by atoms with Crippen molar-refractivity contribution in [1.82, 2.24) is 5.32 Å². The van der Waals surface area contributed by atoms with Crippen molar-refractivity contribution in [2.75, 3.05) is 13.2 Å². The summed E-state index contributed by atoms with van der Waals surface area (Å²) in [7, 11) is 0. The molecule has 0 aliphatic carbocycles. The van der Waals surface area contributed by atoms with Gasteiger partial charge in [0.2, 0.25) is 5.91 Å². The van der Waals surface area contributed by atoms with Crippen LogP contribution in [-0.2, 0) is 14.3 Å². The van der Waals surface area contributed by atoms with Gasteiger partial charge in [-0.05, 0) is 32.1 Å². The highest BCUT2D eigenvalue weighted by atomic mass is 16.5. The van der Waals surface area contributed by atoms with Gasteiger partial charge in [0.05, 0.1) is 0 Å². The van der Waals surface area contributed by atoms with Crippen LogP contribution in [0, 0.1) is 5.92 Å². The highest BCUT2D eigenvalue weighted by Crippen LogP contribution is 2.18. The van der Waals surface area contributed by atoms with Crippen LogP contribution in [0.4, 0.5) is 0 Å². The van der Waals surface area contributed by atoms with Crippen molar-refractivity contribution < 1.29 is 19.4 Å². The van der Waals surface area contributed by atoms with Crippen LogP contribution in [0.1, 0.15) is 32.6 Å². The van der Waals surface area contributed by atoms with E-state index >= 15 is 0 Å². The van der Waals surface area contributed by atoms with Crippen LogP contribution in [0.3, 0.4) is 0 Å². The zero-order valence-electron chi connectivity index (χ0n) is 10.7. The number of carbonyl (C=O) groups excluding carboxylic acids is 1. The quantitative estimate of drug-likeness (QED) is 0.702. The third kappa shape index (κ3) is 5.31. The van der Waals surface area contributed by atoms with E-state index in [0.29, 0.717) is 32.0 Å². The van der Waals surface area contributed by atoms with E-state index in [-0.39, 0.29) is 5.91 Å². The fourth-order valence-electron chi connectivity index (χ4n) is 1.96. The summed E-state index contributed by atoms with van der Waals surface area (Å²) in [6.07, 6.45) is 5.99. The van der Waals surface area contributed by atoms with Crippen LogP contribution in [0.2, 0.25) is 0 Å². The summed E-state index contributed by atoms with van der Waals surface area (Å²) in [6, 6.07) is -0.825. The van der Waals surface area contributed by atoms with E-state index in [2.05, 4.69) is 5.32 Å². The van der Waals surface area contributed by atoms with Gasteiger partial charge in [-0.1, -0.05) is 12.2 Å². The summed E-state index contributed by atoms with van der Waals surface area (Å²) in [5.74, 6) is -0.859. The summed E-state index contributed by atoms with van der Waals surface area (Å²) < 4.78 is 5.22. The molecular formula is C13H21NO4. The molecule has 1 atom stereocenters. The van der Waals surface area contributed by atoms with Crippen molar-refractivity contribution in [1.29, 1.82) is 0 Å². The first-order chi connectivity index (χ1) is 8.63. The average molecular weight is 255 g/mol. The number of carboxylic acids is 1. The van der Waals surface area contributed by atoms with Crippen molar-refractivity contribution in [2.45, 2.75) is 38.6 Å². The molecular weight excluding hydrogens is 234 g/mol. The van der Waals surface area contributed by atoms with Gasteiger partial charge in [-0.2, -0.15) is 0 Å². The smallest absolute Gasteiger partial charge is 0.326 e. The molecule has 0 aromatic rings. The molecule has 5 nitrogen and oxygen atoms in total. The maximum absolute atomic E-state index is 11.7. The topological polar surface area (TPSA) is 75.6 Å². The van der Waals surface area contributed by atoms with Gasteiger partial charge >= 0.3 is 5.97 Å². The Morgan fingerprint density at radius 2 is 2.11 bits per heavy atom. The molecule has 18 heavy (non-hydrogen) atoms. The van der Waals surface area contributed by atoms with Crippen molar-refractivity contribution in [2.24, 2.45) is 5.92 Å². The summed E-state index contributed by atoms with van der Waals surface area (Å²) in [6.45, 7) is 3.21. The summed E-state index contributed by atoms with van der Waals surface area (Å²) >= 11 is 0. The van der Waals surface area contributed by atoms with Gasteiger partial charge in [0.1, 0.15) is 6.04 Å². The number of nitrogens with one attached hydrogen (secondary N) is 1. The van der Waals surface area contributed by atoms with Crippen LogP contribution >= 0.6 is 0 Å². The second-order valence-electron chi connectivity index (χ2n) is 4.52. The van der Waals surface area contributed by atoms with E-state index in [4.69, 9.17) is 9.84 Å². The predicted molar refractivity (Wildman–Crippen MR) is 67.2 cm³/mol. The number of rotatable bonds is 6. The monoisotopic (exact) mass is 255 g/mol. The lowest BCUT2D eigenvalue weighted by molar-refractivity contribution is -0.142. The third-order valence-corrected chi connectivity index (χ3v) is 3.06. The van der Waals surface area contributed by atoms with Crippen LogP contribution in [0.5, 0.6) is 0 Å². The lowest BCUT2D eigenvalue weighted by atomic mass is 9.96. The molecule has 102 valence electrons. The maximum atomic E-state index is 11.7. The number of allylic oxidation sites excluding steroid dienone is 1. The molecule has 0 radical (unpaired) electrons. The summed E-state index contributed by atoms with van der Waals surface area (Å²) in [4.78, 5) is 22.7. The fraction of sp³-hybridized carbons (Fsp3) is 0.692. The molecule has 0 bridgehead atoms. The normalized spacial score (nSPS) is 18.7. The van der Waals surface area contributed by atoms with Crippen LogP contribution in [0.15, 0.2) is 12.2 Å². The van der Waals surface area contributed by atoms with E-state index in [9.17, 15) is 9.59 Å². The minimum atomic E-state index is -0.992. The predicted octanol–water partition coefficient (Wildman–Crippen LogP) is 1.34. The minimum Gasteiger partial charge on any atom is -0.480 e. The number of carbonyl (C=O) groups is 2. The van der Waals surface area contributed by atoms with E-state index < -0.39 is 12.0 Å². The molecule has 1 rings (SSSR count). The van der Waals surface area contributed by atoms with Gasteiger partial charge in [-0.15, -0.1) is 0 Å². The fourth-order valence-corrected chi connectivity index (χ4v) is 1.96. The van der Waals surface area contributed by atoms with E-state index in [1.807, 2.05) is 6.92 Å². The zero-order chi connectivity index (χ0) is 13.4. The molecule has 1 saturated heterocycles. The van der Waals surface area contributed by atoms with Gasteiger partial charge in [-0.25, -0.2) is 4.79 Å². The first-order valence-electron chi connectivity index (χ1n) is 6.34. The van der Waals surface area contributed by atoms with Gasteiger partial charge in [0.25, 0.3) is 0 Å². The van der Waals surface area contributed by atoms with E-state index in [0.717, 1.165) is 12.8 Å². The molecule has 0 saturated carbocycles. The van der Waals surface area contributed by atoms with Gasteiger partial charge in [-0.3, -0.25) is 4.79 Å². The third-order valence-electron chi connectivity index (χ3n) is 3.06. The molecule has 5 heteroatoms. The van der Waals surface area contributed by atoms with E-state index in [1.54, 1.807) is 12.2 Å². The number of carboxylic acid groups (broad SMARTS) is 1. The molecule has 0 aromatic heterocycles. The van der Waals surface area contributed by atoms with Crippen molar-refractivity contribution in [3.8, 4) is 0 Å². The largest absolute Gasteiger partial charge is 0.480 e. The van der Waals surface area contributed by atoms with Crippen LogP contribution < -0.4 is 5.32 Å². The molecule has 1 unspecified atom stereocenters. The molecule has 0 aromatic carbocycles. The van der Waals surface area contributed by atoms with Gasteiger partial charge in [0.15, 0.2) is 0 Å². The highest BCUT2D eigenvalue weighted by Gasteiger charge is 2.22. The molecule has 2 N–H and O–H groups in total. The SMILES string of the molecule is C/C=C/CC(NC(=O)CC1CCOCC1)C(=O)O. The van der Waals surface area contributed by atoms with Crippen LogP contribution in [0.25, 0.3) is 0 Å². The van der Waals surface area contributed by atoms with Crippen LogP contribution in [-0.4, -0.2) is 36.2 Å². The zero-order valence-corrected chi connectivity index (χ0v) is 10.7. The Balaban J connectivity index is 2.37. The highest BCUT2D eigenvalue weighted by molar-refractivity contribution is 5.83. The number of hydrogen-bond acceptors (Lipinski definition) is 3. The summed E-state index contributed by atoms with van der Waals surface area (Å²) in [5.41, 5.74) is 0. The first-order valence-corrected chi connectivity index (χ1v) is 6.34. The Kier molecular flexibility index (Phi) is 6.43. The Bertz CT molecular complexity index is 308. The molecule has 1 amide bonds. The molecule has 1 aliphatic rings. The van der Waals surface area contributed by atoms with Gasteiger partial charge in [0, 0.05) is 19.6 Å². The molecule has 1 fully saturated rings. The molecule has 1 heterocycles. The number of amides is 1. The second kappa shape index (κ2) is 7.87. The van der Waals surface area contributed by atoms with E-state index in [1.165, 1.54) is 0 Å². The maximum Gasteiger partial charge on any atom is 0.326 e. The van der Waals surface area contributed by atoms with Crippen molar-refractivity contribution >= 4 is 11.9 Å². The minimum absolute atomic E-state index is 0.182. The molecule has 0 spiro atoms. The second-order valence-corrected chi connectivity index (χ2v) is 4.52. The summed E-state index contributed by atoms with van der Waals surface area (Å²) in [5, 5.41) is 11.6. The number of ether oxygens (including phenoxy) is 1. The standard InChI is InChI=1S/C13H21NO4/c1-2-3-4-11(13(16)17)14-12(15)9-10-5-7-18-8-6-10/h2-3,10-11H,4-9H2,1H3,(H,14,15)(H,16,17)/b3-2+. The lowest BCUT2D eigenvalue weighted by Gasteiger charge is -2.22. The Morgan fingerprint density at radius 1 is 1.44 bits per heavy atom. The average Bonchev–Trinajstić information content (AvgIpc) is 2.35. The Morgan fingerprint density at radius 3 is 2.67 bits per heavy atom. The molecule has 1 aliphatic heterocycles. The van der Waals surface area contributed by atoms with Gasteiger partial charge < -0.3 is 15.2 Å². The first kappa shape index (κ1) is 14.7. The Hall–Kier alpha value is -1.36. The van der Waals surface area contributed by atoms with Crippen molar-refractivity contribution in [3.63, 3.8) is 0 Å². The Labute approximate surface area is 107 Å². The number of aliphatic carboxylic acids is 1.